The summed E-state index contributed by atoms with van der Waals surface area (Å²) in [6, 6.07) is 5.94. The van der Waals surface area contributed by atoms with Crippen LogP contribution in [0, 0.1) is 16.7 Å². The van der Waals surface area contributed by atoms with Crippen LogP contribution >= 0.6 is 0 Å². The summed E-state index contributed by atoms with van der Waals surface area (Å²) >= 11 is 0. The fraction of sp³-hybridized carbons (Fsp3) is 0.586. The fourth-order valence-corrected chi connectivity index (χ4v) is 5.82. The second kappa shape index (κ2) is 10.8. The molecule has 8 nitrogen and oxygen atoms in total. The molecular weight excluding hydrogens is 464 g/mol. The van der Waals surface area contributed by atoms with E-state index in [2.05, 4.69) is 40.1 Å². The van der Waals surface area contributed by atoms with Gasteiger partial charge in [0.2, 0.25) is 0 Å². The lowest BCUT2D eigenvalue weighted by Gasteiger charge is -2.32. The number of carbonyl (C=O) groups excluding carboxylic acids is 1. The van der Waals surface area contributed by atoms with Gasteiger partial charge >= 0.3 is 0 Å². The first-order chi connectivity index (χ1) is 17.9. The maximum absolute atomic E-state index is 13.0. The Balaban J connectivity index is 1.43. The highest BCUT2D eigenvalue weighted by Gasteiger charge is 2.39. The molecule has 2 aromatic rings. The summed E-state index contributed by atoms with van der Waals surface area (Å²) in [5.74, 6) is -0.269. The highest BCUT2D eigenvalue weighted by molar-refractivity contribution is 6.03. The first kappa shape index (κ1) is 25.6. The minimum absolute atomic E-state index is 0.114. The number of hydrogen-bond donors (Lipinski definition) is 2. The maximum atomic E-state index is 13.0. The molecule has 37 heavy (non-hydrogen) atoms. The molecule has 0 spiro atoms. The van der Waals surface area contributed by atoms with Crippen molar-refractivity contribution in [1.29, 1.82) is 5.26 Å². The Morgan fingerprint density at radius 1 is 1.16 bits per heavy atom. The second-order valence-corrected chi connectivity index (χ2v) is 11.5. The molecule has 0 bridgehead atoms. The number of nitrogens with one attached hydrogen (secondary N) is 2. The van der Waals surface area contributed by atoms with Crippen LogP contribution in [0.2, 0.25) is 0 Å². The zero-order valence-corrected chi connectivity index (χ0v) is 22.1. The van der Waals surface area contributed by atoms with E-state index in [1.54, 1.807) is 0 Å². The van der Waals surface area contributed by atoms with Crippen molar-refractivity contribution in [1.82, 2.24) is 19.9 Å². The van der Waals surface area contributed by atoms with Gasteiger partial charge in [-0.25, -0.2) is 9.97 Å². The molecule has 2 aromatic heterocycles. The molecule has 2 aliphatic carbocycles. The van der Waals surface area contributed by atoms with E-state index in [9.17, 15) is 4.79 Å². The monoisotopic (exact) mass is 502 g/mol. The molecule has 2 N–H and O–H groups in total. The predicted octanol–water partition coefficient (Wildman–Crippen LogP) is 5.40. The first-order valence-corrected chi connectivity index (χ1v) is 13.7. The predicted molar refractivity (Wildman–Crippen MR) is 143 cm³/mol. The van der Waals surface area contributed by atoms with E-state index in [1.165, 1.54) is 37.7 Å². The summed E-state index contributed by atoms with van der Waals surface area (Å²) in [6.45, 7) is 8.60. The van der Waals surface area contributed by atoms with Gasteiger partial charge in [0.05, 0.1) is 23.7 Å². The third-order valence-corrected chi connectivity index (χ3v) is 8.19. The average Bonchev–Trinajstić information content (AvgIpc) is 3.67. The number of aromatic nitrogens is 3. The third kappa shape index (κ3) is 5.78. The van der Waals surface area contributed by atoms with E-state index < -0.39 is 0 Å². The molecule has 1 amide bonds. The molecule has 0 radical (unpaired) electrons. The molecule has 3 heterocycles. The number of amides is 1. The number of pyridine rings is 1. The highest BCUT2D eigenvalue weighted by Crippen LogP contribution is 2.44. The summed E-state index contributed by atoms with van der Waals surface area (Å²) in [6.07, 6.45) is 13.5. The van der Waals surface area contributed by atoms with Gasteiger partial charge < -0.3 is 19.9 Å². The van der Waals surface area contributed by atoms with Gasteiger partial charge in [0.15, 0.2) is 11.5 Å². The van der Waals surface area contributed by atoms with Crippen LogP contribution in [-0.4, -0.2) is 52.0 Å². The number of ether oxygens (including phenoxy) is 1. The maximum Gasteiger partial charge on any atom is 0.291 e. The third-order valence-electron chi connectivity index (χ3n) is 8.19. The van der Waals surface area contributed by atoms with E-state index in [1.807, 2.05) is 18.2 Å². The lowest BCUT2D eigenvalue weighted by Crippen LogP contribution is -2.32. The molecule has 0 atom stereocenters. The number of hydrogen-bond acceptors (Lipinski definition) is 6. The molecule has 196 valence electrons. The van der Waals surface area contributed by atoms with Crippen molar-refractivity contribution in [3.8, 4) is 6.07 Å². The van der Waals surface area contributed by atoms with Gasteiger partial charge in [0.1, 0.15) is 11.7 Å². The van der Waals surface area contributed by atoms with E-state index in [0.717, 1.165) is 62.9 Å². The van der Waals surface area contributed by atoms with Gasteiger partial charge in [0, 0.05) is 12.7 Å². The van der Waals surface area contributed by atoms with Crippen molar-refractivity contribution in [3.63, 3.8) is 0 Å². The quantitative estimate of drug-likeness (QED) is 0.500. The van der Waals surface area contributed by atoms with Crippen LogP contribution in [0.4, 0.5) is 5.69 Å². The molecule has 3 aliphatic rings. The number of H-pyrrole nitrogens is 1. The SMILES string of the molecule is CC1(C)CC=C(c2nc(C3(OCCN4CCCC4)CCCC3)ccc2NC(=O)c2nc(C#N)c[nH]2)CC1. The Kier molecular flexibility index (Phi) is 7.45. The number of imidazole rings is 1. The van der Waals surface area contributed by atoms with Crippen LogP contribution < -0.4 is 5.32 Å². The van der Waals surface area contributed by atoms with Crippen molar-refractivity contribution in [3.05, 3.63) is 47.3 Å². The lowest BCUT2D eigenvalue weighted by atomic mass is 9.77. The van der Waals surface area contributed by atoms with Crippen molar-refractivity contribution >= 4 is 17.2 Å². The largest absolute Gasteiger partial charge is 0.367 e. The number of nitriles is 1. The molecule has 1 saturated heterocycles. The molecule has 8 heteroatoms. The number of rotatable bonds is 8. The van der Waals surface area contributed by atoms with Gasteiger partial charge in [-0.1, -0.05) is 32.8 Å². The van der Waals surface area contributed by atoms with Gasteiger partial charge in [-0.15, -0.1) is 0 Å². The van der Waals surface area contributed by atoms with Crippen LogP contribution in [0.5, 0.6) is 0 Å². The second-order valence-electron chi connectivity index (χ2n) is 11.5. The van der Waals surface area contributed by atoms with Gasteiger partial charge in [-0.05, 0) is 81.2 Å². The van der Waals surface area contributed by atoms with E-state index in [4.69, 9.17) is 15.0 Å². The van der Waals surface area contributed by atoms with Crippen LogP contribution in [-0.2, 0) is 10.3 Å². The minimum Gasteiger partial charge on any atom is -0.367 e. The van der Waals surface area contributed by atoms with E-state index in [-0.39, 0.29) is 28.4 Å². The van der Waals surface area contributed by atoms with Crippen LogP contribution in [0.1, 0.15) is 99.3 Å². The molecule has 2 fully saturated rings. The molecule has 0 unspecified atom stereocenters. The molecular formula is C29H38N6O2. The lowest BCUT2D eigenvalue weighted by molar-refractivity contribution is -0.0546. The zero-order chi connectivity index (χ0) is 25.9. The average molecular weight is 503 g/mol. The van der Waals surface area contributed by atoms with Gasteiger partial charge in [0.25, 0.3) is 5.91 Å². The Labute approximate surface area is 219 Å². The van der Waals surface area contributed by atoms with Crippen LogP contribution in [0.3, 0.4) is 0 Å². The number of anilines is 1. The molecule has 5 rings (SSSR count). The number of allylic oxidation sites excluding steroid dienone is 2. The first-order valence-electron chi connectivity index (χ1n) is 13.7. The number of nitrogens with zero attached hydrogens (tertiary/aromatic N) is 4. The number of carbonyl (C=O) groups is 1. The Hall–Kier alpha value is -3.02. The Morgan fingerprint density at radius 2 is 1.95 bits per heavy atom. The standard InChI is InChI=1S/C29H38N6O2/c1-28(2)13-9-21(10-14-28)25-23(33-27(36)26-31-20-22(19-30)32-26)7-8-24(34-25)29(11-3-4-12-29)37-18-17-35-15-5-6-16-35/h7-9,20H,3-6,10-18H2,1-2H3,(H,31,32)(H,33,36). The number of aromatic amines is 1. The van der Waals surface area contributed by atoms with Crippen LogP contribution in [0.25, 0.3) is 5.57 Å². The summed E-state index contributed by atoms with van der Waals surface area (Å²) in [5.41, 5.74) is 3.70. The van der Waals surface area contributed by atoms with Gasteiger partial charge in [-0.3, -0.25) is 4.79 Å². The minimum atomic E-state index is -0.383. The Bertz CT molecular complexity index is 1200. The number of likely N-dealkylation sites (tertiary alicyclic amines) is 1. The normalized spacial score (nSPS) is 20.9. The van der Waals surface area contributed by atoms with Crippen LogP contribution in [0.15, 0.2) is 24.4 Å². The molecule has 0 aromatic carbocycles. The van der Waals surface area contributed by atoms with Crippen molar-refractivity contribution in [2.24, 2.45) is 5.41 Å². The van der Waals surface area contributed by atoms with Gasteiger partial charge in [-0.2, -0.15) is 5.26 Å². The van der Waals surface area contributed by atoms with Crippen molar-refractivity contribution in [2.45, 2.75) is 77.2 Å². The van der Waals surface area contributed by atoms with Crippen molar-refractivity contribution in [2.75, 3.05) is 31.6 Å². The van der Waals surface area contributed by atoms with E-state index >= 15 is 0 Å². The zero-order valence-electron chi connectivity index (χ0n) is 22.1. The highest BCUT2D eigenvalue weighted by atomic mass is 16.5. The summed E-state index contributed by atoms with van der Waals surface area (Å²) in [5, 5.41) is 12.1. The van der Waals surface area contributed by atoms with Crippen molar-refractivity contribution < 1.29 is 9.53 Å². The smallest absolute Gasteiger partial charge is 0.291 e. The molecule has 1 saturated carbocycles. The summed E-state index contributed by atoms with van der Waals surface area (Å²) in [4.78, 5) is 27.5. The summed E-state index contributed by atoms with van der Waals surface area (Å²) < 4.78 is 6.66. The molecule has 1 aliphatic heterocycles. The summed E-state index contributed by atoms with van der Waals surface area (Å²) in [7, 11) is 0. The van der Waals surface area contributed by atoms with E-state index in [0.29, 0.717) is 12.3 Å². The fourth-order valence-electron chi connectivity index (χ4n) is 5.82. The topological polar surface area (TPSA) is 107 Å². The Morgan fingerprint density at radius 3 is 2.62 bits per heavy atom.